The fraction of sp³-hybridized carbons (Fsp3) is 0.652. The topological polar surface area (TPSA) is 73.9 Å². The summed E-state index contributed by atoms with van der Waals surface area (Å²) in [5.41, 5.74) is 1.51. The van der Waals surface area contributed by atoms with Gasteiger partial charge in [-0.15, -0.1) is 0 Å². The highest BCUT2D eigenvalue weighted by Crippen LogP contribution is 2.11. The van der Waals surface area contributed by atoms with Crippen molar-refractivity contribution in [1.82, 2.24) is 0 Å². The number of ether oxygens (including phenoxy) is 3. The van der Waals surface area contributed by atoms with E-state index in [4.69, 9.17) is 14.2 Å². The van der Waals surface area contributed by atoms with Crippen molar-refractivity contribution in [2.24, 2.45) is 0 Å². The molecule has 0 heterocycles. The normalized spacial score (nSPS) is 10.6. The van der Waals surface area contributed by atoms with Gasteiger partial charge in [-0.25, -0.2) is 4.79 Å². The van der Waals surface area contributed by atoms with Crippen molar-refractivity contribution in [3.05, 3.63) is 29.8 Å². The standard InChI is InChI=1S/C23H37NO5/c1-3-5-7-8-9-10-22(25)28-18-16-27-17-19-29-23(26)20-11-13-21(14-12-20)24-15-6-4-2/h11-14,24H,3-10,15-19H2,1-2H3. The zero-order chi connectivity index (χ0) is 21.2. The summed E-state index contributed by atoms with van der Waals surface area (Å²) in [6.45, 7) is 6.21. The lowest BCUT2D eigenvalue weighted by Crippen LogP contribution is -2.14. The third kappa shape index (κ3) is 12.9. The zero-order valence-electron chi connectivity index (χ0n) is 18.0. The van der Waals surface area contributed by atoms with Crippen molar-refractivity contribution in [3.8, 4) is 0 Å². The van der Waals surface area contributed by atoms with Gasteiger partial charge < -0.3 is 19.5 Å². The Kier molecular flexibility index (Phi) is 14.5. The van der Waals surface area contributed by atoms with Crippen molar-refractivity contribution in [2.45, 2.75) is 65.2 Å². The van der Waals surface area contributed by atoms with E-state index in [1.54, 1.807) is 12.1 Å². The Labute approximate surface area is 175 Å². The molecule has 0 atom stereocenters. The Balaban J connectivity index is 2.02. The third-order valence-corrected chi connectivity index (χ3v) is 4.42. The molecule has 0 aliphatic heterocycles. The minimum atomic E-state index is -0.372. The first-order chi connectivity index (χ1) is 14.2. The number of rotatable bonds is 17. The van der Waals surface area contributed by atoms with Gasteiger partial charge in [0.25, 0.3) is 0 Å². The molecule has 0 saturated carbocycles. The molecular formula is C23H37NO5. The molecule has 1 aromatic rings. The van der Waals surface area contributed by atoms with Gasteiger partial charge in [0.15, 0.2) is 0 Å². The summed E-state index contributed by atoms with van der Waals surface area (Å²) in [7, 11) is 0. The molecule has 0 aliphatic carbocycles. The molecule has 164 valence electrons. The number of unbranched alkanes of at least 4 members (excludes halogenated alkanes) is 5. The lowest BCUT2D eigenvalue weighted by molar-refractivity contribution is -0.145. The molecule has 0 saturated heterocycles. The van der Waals surface area contributed by atoms with E-state index in [0.717, 1.165) is 37.9 Å². The van der Waals surface area contributed by atoms with Gasteiger partial charge >= 0.3 is 11.9 Å². The maximum absolute atomic E-state index is 12.0. The summed E-state index contributed by atoms with van der Waals surface area (Å²) in [6, 6.07) is 7.25. The van der Waals surface area contributed by atoms with E-state index in [-0.39, 0.29) is 31.8 Å². The van der Waals surface area contributed by atoms with Gasteiger partial charge in [0.05, 0.1) is 18.8 Å². The van der Waals surface area contributed by atoms with Crippen LogP contribution in [0.25, 0.3) is 0 Å². The molecule has 1 N–H and O–H groups in total. The molecular weight excluding hydrogens is 370 g/mol. The molecule has 0 bridgehead atoms. The maximum atomic E-state index is 12.0. The predicted molar refractivity (Wildman–Crippen MR) is 115 cm³/mol. The second kappa shape index (κ2) is 16.8. The number of hydrogen-bond acceptors (Lipinski definition) is 6. The van der Waals surface area contributed by atoms with E-state index < -0.39 is 0 Å². The minimum Gasteiger partial charge on any atom is -0.463 e. The Morgan fingerprint density at radius 3 is 2.14 bits per heavy atom. The number of benzene rings is 1. The summed E-state index contributed by atoms with van der Waals surface area (Å²) in [5, 5.41) is 3.30. The van der Waals surface area contributed by atoms with Gasteiger partial charge in [0, 0.05) is 18.7 Å². The number of carbonyl (C=O) groups is 2. The van der Waals surface area contributed by atoms with Crippen LogP contribution >= 0.6 is 0 Å². The fourth-order valence-corrected chi connectivity index (χ4v) is 2.67. The van der Waals surface area contributed by atoms with Crippen LogP contribution in [0.15, 0.2) is 24.3 Å². The Bertz CT molecular complexity index is 559. The third-order valence-electron chi connectivity index (χ3n) is 4.42. The smallest absolute Gasteiger partial charge is 0.338 e. The second-order valence-corrected chi connectivity index (χ2v) is 6.99. The summed E-state index contributed by atoms with van der Waals surface area (Å²) >= 11 is 0. The van der Waals surface area contributed by atoms with E-state index in [9.17, 15) is 9.59 Å². The van der Waals surface area contributed by atoms with E-state index in [1.807, 2.05) is 12.1 Å². The molecule has 6 heteroatoms. The van der Waals surface area contributed by atoms with Crippen molar-refractivity contribution < 1.29 is 23.8 Å². The highest BCUT2D eigenvalue weighted by atomic mass is 16.6. The van der Waals surface area contributed by atoms with E-state index in [2.05, 4.69) is 19.2 Å². The number of carbonyl (C=O) groups excluding carboxylic acids is 2. The molecule has 0 aromatic heterocycles. The fourth-order valence-electron chi connectivity index (χ4n) is 2.67. The molecule has 1 rings (SSSR count). The first-order valence-electron chi connectivity index (χ1n) is 10.9. The first kappa shape index (κ1) is 25.0. The van der Waals surface area contributed by atoms with Gasteiger partial charge in [-0.05, 0) is 37.1 Å². The molecule has 0 aliphatic rings. The van der Waals surface area contributed by atoms with E-state index in [1.165, 1.54) is 19.3 Å². The van der Waals surface area contributed by atoms with Crippen LogP contribution in [0.2, 0.25) is 0 Å². The molecule has 1 aromatic carbocycles. The van der Waals surface area contributed by atoms with Crippen LogP contribution in [-0.2, 0) is 19.0 Å². The Morgan fingerprint density at radius 2 is 1.45 bits per heavy atom. The van der Waals surface area contributed by atoms with Gasteiger partial charge in [-0.2, -0.15) is 0 Å². The van der Waals surface area contributed by atoms with Crippen molar-refractivity contribution in [2.75, 3.05) is 38.3 Å². The van der Waals surface area contributed by atoms with Gasteiger partial charge in [0.2, 0.25) is 0 Å². The van der Waals surface area contributed by atoms with Crippen LogP contribution in [0.5, 0.6) is 0 Å². The Hall–Kier alpha value is -2.08. The minimum absolute atomic E-state index is 0.167. The number of esters is 2. The first-order valence-corrected chi connectivity index (χ1v) is 10.9. The molecule has 29 heavy (non-hydrogen) atoms. The van der Waals surface area contributed by atoms with Crippen LogP contribution in [0, 0.1) is 0 Å². The summed E-state index contributed by atoms with van der Waals surface area (Å²) in [4.78, 5) is 23.5. The predicted octanol–water partition coefficient (Wildman–Crippen LogP) is 4.98. The maximum Gasteiger partial charge on any atom is 0.338 e. The van der Waals surface area contributed by atoms with Crippen LogP contribution in [0.3, 0.4) is 0 Å². The Morgan fingerprint density at radius 1 is 0.793 bits per heavy atom. The largest absolute Gasteiger partial charge is 0.463 e. The molecule has 0 fully saturated rings. The van der Waals surface area contributed by atoms with Gasteiger partial charge in [-0.3, -0.25) is 4.79 Å². The summed E-state index contributed by atoms with van der Waals surface area (Å²) in [5.74, 6) is -0.549. The quantitative estimate of drug-likeness (QED) is 0.290. The monoisotopic (exact) mass is 407 g/mol. The van der Waals surface area contributed by atoms with E-state index in [0.29, 0.717) is 18.6 Å². The van der Waals surface area contributed by atoms with Crippen LogP contribution < -0.4 is 5.32 Å². The summed E-state index contributed by atoms with van der Waals surface area (Å²) < 4.78 is 15.6. The number of anilines is 1. The van der Waals surface area contributed by atoms with Crippen LogP contribution in [-0.4, -0.2) is 44.9 Å². The highest BCUT2D eigenvalue weighted by molar-refractivity contribution is 5.89. The van der Waals surface area contributed by atoms with Gasteiger partial charge in [-0.1, -0.05) is 46.0 Å². The zero-order valence-corrected chi connectivity index (χ0v) is 18.0. The molecule has 6 nitrogen and oxygen atoms in total. The van der Waals surface area contributed by atoms with E-state index >= 15 is 0 Å². The van der Waals surface area contributed by atoms with Crippen molar-refractivity contribution in [1.29, 1.82) is 0 Å². The number of nitrogens with one attached hydrogen (secondary N) is 1. The average molecular weight is 408 g/mol. The number of hydrogen-bond donors (Lipinski definition) is 1. The molecule has 0 amide bonds. The van der Waals surface area contributed by atoms with Crippen LogP contribution in [0.1, 0.15) is 75.6 Å². The molecule has 0 unspecified atom stereocenters. The SMILES string of the molecule is CCCCCCCC(=O)OCCOCCOC(=O)c1ccc(NCCCC)cc1. The highest BCUT2D eigenvalue weighted by Gasteiger charge is 2.07. The lowest BCUT2D eigenvalue weighted by atomic mass is 10.1. The lowest BCUT2D eigenvalue weighted by Gasteiger charge is -2.08. The summed E-state index contributed by atoms with van der Waals surface area (Å²) in [6.07, 6.45) is 8.26. The molecule has 0 spiro atoms. The average Bonchev–Trinajstić information content (AvgIpc) is 2.73. The van der Waals surface area contributed by atoms with Crippen molar-refractivity contribution >= 4 is 17.6 Å². The second-order valence-electron chi connectivity index (χ2n) is 6.99. The van der Waals surface area contributed by atoms with Crippen LogP contribution in [0.4, 0.5) is 5.69 Å². The molecule has 0 radical (unpaired) electrons. The van der Waals surface area contributed by atoms with Crippen molar-refractivity contribution in [3.63, 3.8) is 0 Å². The van der Waals surface area contributed by atoms with Gasteiger partial charge in [0.1, 0.15) is 13.2 Å².